The zero-order chi connectivity index (χ0) is 12.1. The van der Waals surface area contributed by atoms with E-state index in [1.54, 1.807) is 0 Å². The first-order valence-electron chi connectivity index (χ1n) is 4.88. The molecule has 0 heterocycles. The highest BCUT2D eigenvalue weighted by molar-refractivity contribution is 7.99. The first-order chi connectivity index (χ1) is 7.54. The van der Waals surface area contributed by atoms with Gasteiger partial charge in [-0.2, -0.15) is 11.8 Å². The van der Waals surface area contributed by atoms with Crippen molar-refractivity contribution >= 4 is 17.7 Å². The molecule has 0 amide bonds. The number of aromatic carboxylic acids is 1. The van der Waals surface area contributed by atoms with Crippen molar-refractivity contribution in [2.75, 3.05) is 6.54 Å². The average molecular weight is 243 g/mol. The Bertz CT molecular complexity index is 384. The van der Waals surface area contributed by atoms with Gasteiger partial charge < -0.3 is 10.8 Å². The van der Waals surface area contributed by atoms with Crippen LogP contribution in [0.25, 0.3) is 0 Å². The minimum atomic E-state index is -1.04. The monoisotopic (exact) mass is 243 g/mol. The summed E-state index contributed by atoms with van der Waals surface area (Å²) in [6.45, 7) is 2.47. The van der Waals surface area contributed by atoms with Gasteiger partial charge in [0.15, 0.2) is 0 Å². The van der Waals surface area contributed by atoms with Crippen LogP contribution in [0.15, 0.2) is 18.2 Å². The average Bonchev–Trinajstić information content (AvgIpc) is 2.27. The minimum Gasteiger partial charge on any atom is -0.478 e. The third kappa shape index (κ3) is 3.50. The maximum absolute atomic E-state index is 13.3. The molecule has 16 heavy (non-hydrogen) atoms. The number of halogens is 1. The van der Waals surface area contributed by atoms with E-state index in [1.807, 2.05) is 6.92 Å². The molecule has 5 heteroatoms. The van der Waals surface area contributed by atoms with Crippen LogP contribution in [0.5, 0.6) is 0 Å². The van der Waals surface area contributed by atoms with Gasteiger partial charge in [0.1, 0.15) is 5.82 Å². The molecule has 0 aliphatic rings. The van der Waals surface area contributed by atoms with Crippen LogP contribution in [0.1, 0.15) is 22.8 Å². The fraction of sp³-hybridized carbons (Fsp3) is 0.364. The molecule has 88 valence electrons. The Balaban J connectivity index is 2.78. The Morgan fingerprint density at radius 1 is 1.62 bits per heavy atom. The van der Waals surface area contributed by atoms with E-state index in [1.165, 1.54) is 30.0 Å². The quantitative estimate of drug-likeness (QED) is 0.831. The molecule has 0 aliphatic carbocycles. The second kappa shape index (κ2) is 5.86. The van der Waals surface area contributed by atoms with Crippen molar-refractivity contribution in [2.45, 2.75) is 17.9 Å². The normalized spacial score (nSPS) is 12.4. The number of rotatable bonds is 5. The van der Waals surface area contributed by atoms with Crippen LogP contribution < -0.4 is 5.73 Å². The van der Waals surface area contributed by atoms with Crippen molar-refractivity contribution in [3.05, 3.63) is 35.1 Å². The van der Waals surface area contributed by atoms with Crippen LogP contribution in [0, 0.1) is 5.82 Å². The first kappa shape index (κ1) is 13.0. The van der Waals surface area contributed by atoms with Crippen molar-refractivity contribution in [3.8, 4) is 0 Å². The van der Waals surface area contributed by atoms with Gasteiger partial charge in [0.2, 0.25) is 0 Å². The van der Waals surface area contributed by atoms with E-state index in [0.29, 0.717) is 17.9 Å². The molecule has 0 fully saturated rings. The highest BCUT2D eigenvalue weighted by Crippen LogP contribution is 2.20. The predicted octanol–water partition coefficient (Wildman–Crippen LogP) is 2.10. The first-order valence-corrected chi connectivity index (χ1v) is 5.93. The van der Waals surface area contributed by atoms with E-state index in [2.05, 4.69) is 0 Å². The van der Waals surface area contributed by atoms with E-state index < -0.39 is 5.97 Å². The summed E-state index contributed by atoms with van der Waals surface area (Å²) in [7, 11) is 0. The molecule has 1 rings (SSSR count). The lowest BCUT2D eigenvalue weighted by atomic mass is 10.1. The Labute approximate surface area is 97.8 Å². The molecule has 1 atom stereocenters. The third-order valence-electron chi connectivity index (χ3n) is 2.15. The second-order valence-electron chi connectivity index (χ2n) is 3.47. The molecule has 0 saturated heterocycles. The van der Waals surface area contributed by atoms with Crippen LogP contribution in [-0.2, 0) is 5.75 Å². The topological polar surface area (TPSA) is 63.3 Å². The SMILES string of the molecule is CC(CN)SCc1cc(C(=O)O)ccc1F. The van der Waals surface area contributed by atoms with E-state index in [-0.39, 0.29) is 16.6 Å². The predicted molar refractivity (Wildman–Crippen MR) is 63.2 cm³/mol. The summed E-state index contributed by atoms with van der Waals surface area (Å²) in [5.74, 6) is -0.981. The molecular weight excluding hydrogens is 229 g/mol. The summed E-state index contributed by atoms with van der Waals surface area (Å²) in [6.07, 6.45) is 0. The number of hydrogen-bond acceptors (Lipinski definition) is 3. The lowest BCUT2D eigenvalue weighted by Gasteiger charge is -2.09. The van der Waals surface area contributed by atoms with Gasteiger partial charge in [0, 0.05) is 17.5 Å². The van der Waals surface area contributed by atoms with Gasteiger partial charge in [-0.15, -0.1) is 0 Å². The van der Waals surface area contributed by atoms with Crippen molar-refractivity contribution in [3.63, 3.8) is 0 Å². The van der Waals surface area contributed by atoms with Gasteiger partial charge in [-0.25, -0.2) is 9.18 Å². The van der Waals surface area contributed by atoms with Crippen molar-refractivity contribution < 1.29 is 14.3 Å². The summed E-state index contributed by atoms with van der Waals surface area (Å²) in [6, 6.07) is 3.82. The molecule has 3 nitrogen and oxygen atoms in total. The molecule has 0 spiro atoms. The summed E-state index contributed by atoms with van der Waals surface area (Å²) in [5, 5.41) is 9.00. The molecule has 1 unspecified atom stereocenters. The number of benzene rings is 1. The number of carboxylic acid groups (broad SMARTS) is 1. The number of carbonyl (C=O) groups is 1. The maximum Gasteiger partial charge on any atom is 0.335 e. The number of carboxylic acids is 1. The fourth-order valence-corrected chi connectivity index (χ4v) is 1.94. The molecule has 0 radical (unpaired) electrons. The third-order valence-corrected chi connectivity index (χ3v) is 3.39. The zero-order valence-corrected chi connectivity index (χ0v) is 9.76. The molecule has 0 bridgehead atoms. The van der Waals surface area contributed by atoms with E-state index in [0.717, 1.165) is 0 Å². The maximum atomic E-state index is 13.3. The smallest absolute Gasteiger partial charge is 0.335 e. The highest BCUT2D eigenvalue weighted by atomic mass is 32.2. The van der Waals surface area contributed by atoms with E-state index in [9.17, 15) is 9.18 Å². The second-order valence-corrected chi connectivity index (χ2v) is 4.90. The van der Waals surface area contributed by atoms with Crippen molar-refractivity contribution in [1.29, 1.82) is 0 Å². The fourth-order valence-electron chi connectivity index (χ4n) is 1.12. The molecule has 1 aromatic rings. The largest absolute Gasteiger partial charge is 0.478 e. The highest BCUT2D eigenvalue weighted by Gasteiger charge is 2.09. The van der Waals surface area contributed by atoms with Crippen molar-refractivity contribution in [1.82, 2.24) is 0 Å². The van der Waals surface area contributed by atoms with Crippen LogP contribution in [-0.4, -0.2) is 22.9 Å². The Hall–Kier alpha value is -1.07. The van der Waals surface area contributed by atoms with E-state index in [4.69, 9.17) is 10.8 Å². The van der Waals surface area contributed by atoms with Gasteiger partial charge >= 0.3 is 5.97 Å². The van der Waals surface area contributed by atoms with Crippen molar-refractivity contribution in [2.24, 2.45) is 5.73 Å². The van der Waals surface area contributed by atoms with Gasteiger partial charge in [-0.3, -0.25) is 0 Å². The minimum absolute atomic E-state index is 0.109. The van der Waals surface area contributed by atoms with Crippen LogP contribution in [0.2, 0.25) is 0 Å². The molecule has 3 N–H and O–H groups in total. The summed E-state index contributed by atoms with van der Waals surface area (Å²) >= 11 is 1.51. The number of thioether (sulfide) groups is 1. The Morgan fingerprint density at radius 2 is 2.31 bits per heavy atom. The molecule has 1 aromatic carbocycles. The summed E-state index contributed by atoms with van der Waals surface area (Å²) < 4.78 is 13.3. The summed E-state index contributed by atoms with van der Waals surface area (Å²) in [4.78, 5) is 10.7. The van der Waals surface area contributed by atoms with Gasteiger partial charge in [0.05, 0.1) is 5.56 Å². The lowest BCUT2D eigenvalue weighted by Crippen LogP contribution is -2.12. The standard InChI is InChI=1S/C11H14FNO2S/c1-7(5-13)16-6-9-4-8(11(14)15)2-3-10(9)12/h2-4,7H,5-6,13H2,1H3,(H,14,15). The van der Waals surface area contributed by atoms with Gasteiger partial charge in [0.25, 0.3) is 0 Å². The van der Waals surface area contributed by atoms with E-state index >= 15 is 0 Å². The summed E-state index contributed by atoms with van der Waals surface area (Å²) in [5.41, 5.74) is 5.96. The number of hydrogen-bond donors (Lipinski definition) is 2. The number of nitrogens with two attached hydrogens (primary N) is 1. The Morgan fingerprint density at radius 3 is 2.88 bits per heavy atom. The van der Waals surface area contributed by atoms with Gasteiger partial charge in [-0.1, -0.05) is 6.92 Å². The van der Waals surface area contributed by atoms with Crippen LogP contribution >= 0.6 is 11.8 Å². The van der Waals surface area contributed by atoms with Crippen LogP contribution in [0.4, 0.5) is 4.39 Å². The Kier molecular flexibility index (Phi) is 4.76. The zero-order valence-electron chi connectivity index (χ0n) is 8.94. The molecule has 0 aliphatic heterocycles. The van der Waals surface area contributed by atoms with Gasteiger partial charge in [-0.05, 0) is 23.8 Å². The molecular formula is C11H14FNO2S. The van der Waals surface area contributed by atoms with Crippen LogP contribution in [0.3, 0.4) is 0 Å². The lowest BCUT2D eigenvalue weighted by molar-refractivity contribution is 0.0696. The molecule has 0 saturated carbocycles. The molecule has 0 aromatic heterocycles.